The van der Waals surface area contributed by atoms with Crippen LogP contribution in [0, 0.1) is 6.92 Å². The van der Waals surface area contributed by atoms with Crippen molar-refractivity contribution < 1.29 is 9.47 Å². The lowest BCUT2D eigenvalue weighted by molar-refractivity contribution is 0.396. The number of hydrogen-bond acceptors (Lipinski definition) is 3. The molecule has 0 atom stereocenters. The number of nitrogens with two attached hydrogens (primary N) is 1. The molecular formula is C10H15NO2. The van der Waals surface area contributed by atoms with Crippen LogP contribution < -0.4 is 15.2 Å². The van der Waals surface area contributed by atoms with Crippen LogP contribution in [-0.4, -0.2) is 14.2 Å². The average molecular weight is 181 g/mol. The van der Waals surface area contributed by atoms with Crippen molar-refractivity contribution in [3.05, 3.63) is 23.3 Å². The van der Waals surface area contributed by atoms with Gasteiger partial charge in [-0.15, -0.1) is 0 Å². The van der Waals surface area contributed by atoms with Crippen molar-refractivity contribution in [1.82, 2.24) is 0 Å². The molecule has 0 bridgehead atoms. The third kappa shape index (κ3) is 1.92. The Labute approximate surface area is 78.5 Å². The van der Waals surface area contributed by atoms with E-state index < -0.39 is 0 Å². The first-order chi connectivity index (χ1) is 6.22. The highest BCUT2D eigenvalue weighted by Gasteiger charge is 2.06. The molecule has 0 aromatic heterocycles. The maximum absolute atomic E-state index is 5.56. The van der Waals surface area contributed by atoms with Gasteiger partial charge >= 0.3 is 0 Å². The minimum atomic E-state index is 0.458. The molecule has 3 nitrogen and oxygen atoms in total. The Bertz CT molecular complexity index is 297. The second-order valence-corrected chi connectivity index (χ2v) is 2.84. The van der Waals surface area contributed by atoms with Crippen molar-refractivity contribution in [2.75, 3.05) is 14.2 Å². The van der Waals surface area contributed by atoms with Crippen LogP contribution in [0.4, 0.5) is 0 Å². The van der Waals surface area contributed by atoms with Crippen molar-refractivity contribution >= 4 is 0 Å². The molecule has 1 aromatic rings. The number of aryl methyl sites for hydroxylation is 1. The van der Waals surface area contributed by atoms with Crippen LogP contribution in [0.5, 0.6) is 11.5 Å². The highest BCUT2D eigenvalue weighted by Crippen LogP contribution is 2.27. The molecule has 3 heteroatoms. The largest absolute Gasteiger partial charge is 0.496 e. The molecule has 0 unspecified atom stereocenters. The van der Waals surface area contributed by atoms with Crippen molar-refractivity contribution in [1.29, 1.82) is 0 Å². The summed E-state index contributed by atoms with van der Waals surface area (Å²) in [5, 5.41) is 0. The smallest absolute Gasteiger partial charge is 0.123 e. The summed E-state index contributed by atoms with van der Waals surface area (Å²) in [6, 6.07) is 3.84. The van der Waals surface area contributed by atoms with Gasteiger partial charge < -0.3 is 15.2 Å². The minimum Gasteiger partial charge on any atom is -0.496 e. The van der Waals surface area contributed by atoms with Crippen LogP contribution in [0.2, 0.25) is 0 Å². The van der Waals surface area contributed by atoms with Crippen LogP contribution in [-0.2, 0) is 6.54 Å². The van der Waals surface area contributed by atoms with Crippen LogP contribution >= 0.6 is 0 Å². The average Bonchev–Trinajstić information content (AvgIpc) is 2.17. The molecule has 0 saturated carbocycles. The lowest BCUT2D eigenvalue weighted by Gasteiger charge is -2.11. The van der Waals surface area contributed by atoms with Gasteiger partial charge in [-0.1, -0.05) is 0 Å². The van der Waals surface area contributed by atoms with Crippen molar-refractivity contribution in [3.63, 3.8) is 0 Å². The van der Waals surface area contributed by atoms with E-state index in [-0.39, 0.29) is 0 Å². The second-order valence-electron chi connectivity index (χ2n) is 2.84. The number of benzene rings is 1. The fourth-order valence-corrected chi connectivity index (χ4v) is 1.27. The van der Waals surface area contributed by atoms with Crippen LogP contribution in [0.1, 0.15) is 11.1 Å². The topological polar surface area (TPSA) is 44.5 Å². The molecule has 0 spiro atoms. The molecule has 1 rings (SSSR count). The Hall–Kier alpha value is -1.22. The Balaban J connectivity index is 3.18. The molecule has 72 valence electrons. The maximum atomic E-state index is 5.56. The summed E-state index contributed by atoms with van der Waals surface area (Å²) < 4.78 is 10.4. The molecule has 0 aliphatic carbocycles. The maximum Gasteiger partial charge on any atom is 0.123 e. The standard InChI is InChI=1S/C10H15NO2/c1-7-4-10(13-3)8(6-11)5-9(7)12-2/h4-5H,6,11H2,1-3H3. The fourth-order valence-electron chi connectivity index (χ4n) is 1.27. The predicted octanol–water partition coefficient (Wildman–Crippen LogP) is 1.47. The lowest BCUT2D eigenvalue weighted by atomic mass is 10.1. The summed E-state index contributed by atoms with van der Waals surface area (Å²) >= 11 is 0. The van der Waals surface area contributed by atoms with Crippen LogP contribution in [0.3, 0.4) is 0 Å². The summed E-state index contributed by atoms with van der Waals surface area (Å²) in [5.41, 5.74) is 7.58. The van der Waals surface area contributed by atoms with E-state index in [0.717, 1.165) is 22.6 Å². The first-order valence-electron chi connectivity index (χ1n) is 4.14. The van der Waals surface area contributed by atoms with Gasteiger partial charge in [0.2, 0.25) is 0 Å². The quantitative estimate of drug-likeness (QED) is 0.768. The second kappa shape index (κ2) is 4.14. The Kier molecular flexibility index (Phi) is 3.14. The van der Waals surface area contributed by atoms with Gasteiger partial charge in [0.05, 0.1) is 14.2 Å². The summed E-state index contributed by atoms with van der Waals surface area (Å²) in [6.45, 7) is 2.43. The van der Waals surface area contributed by atoms with E-state index in [1.807, 2.05) is 19.1 Å². The normalized spacial score (nSPS) is 9.85. The molecule has 2 N–H and O–H groups in total. The zero-order chi connectivity index (χ0) is 9.84. The van der Waals surface area contributed by atoms with Crippen molar-refractivity contribution in [2.24, 2.45) is 5.73 Å². The van der Waals surface area contributed by atoms with E-state index in [2.05, 4.69) is 0 Å². The highest BCUT2D eigenvalue weighted by molar-refractivity contribution is 5.45. The lowest BCUT2D eigenvalue weighted by Crippen LogP contribution is -2.01. The zero-order valence-electron chi connectivity index (χ0n) is 8.26. The van der Waals surface area contributed by atoms with Gasteiger partial charge in [-0.25, -0.2) is 0 Å². The highest BCUT2D eigenvalue weighted by atomic mass is 16.5. The minimum absolute atomic E-state index is 0.458. The van der Waals surface area contributed by atoms with E-state index in [1.54, 1.807) is 14.2 Å². The monoisotopic (exact) mass is 181 g/mol. The van der Waals surface area contributed by atoms with E-state index in [1.165, 1.54) is 0 Å². The number of hydrogen-bond donors (Lipinski definition) is 1. The first kappa shape index (κ1) is 9.86. The molecule has 1 aromatic carbocycles. The van der Waals surface area contributed by atoms with E-state index in [4.69, 9.17) is 15.2 Å². The van der Waals surface area contributed by atoms with Crippen molar-refractivity contribution in [2.45, 2.75) is 13.5 Å². The molecule has 13 heavy (non-hydrogen) atoms. The summed E-state index contributed by atoms with van der Waals surface area (Å²) in [5.74, 6) is 1.67. The fraction of sp³-hybridized carbons (Fsp3) is 0.400. The SMILES string of the molecule is COc1cc(CN)c(OC)cc1C. The summed E-state index contributed by atoms with van der Waals surface area (Å²) in [4.78, 5) is 0. The predicted molar refractivity (Wildman–Crippen MR) is 52.2 cm³/mol. The van der Waals surface area contributed by atoms with Gasteiger partial charge in [-0.3, -0.25) is 0 Å². The Morgan fingerprint density at radius 1 is 1.15 bits per heavy atom. The van der Waals surface area contributed by atoms with E-state index in [9.17, 15) is 0 Å². The Morgan fingerprint density at radius 3 is 2.23 bits per heavy atom. The zero-order valence-corrected chi connectivity index (χ0v) is 8.26. The van der Waals surface area contributed by atoms with Gasteiger partial charge in [-0.05, 0) is 24.6 Å². The molecule has 0 heterocycles. The molecule has 0 radical (unpaired) electrons. The van der Waals surface area contributed by atoms with Crippen LogP contribution in [0.25, 0.3) is 0 Å². The molecule has 0 amide bonds. The molecule has 0 fully saturated rings. The summed E-state index contributed by atoms with van der Waals surface area (Å²) in [6.07, 6.45) is 0. The third-order valence-electron chi connectivity index (χ3n) is 2.02. The Morgan fingerprint density at radius 2 is 1.77 bits per heavy atom. The third-order valence-corrected chi connectivity index (χ3v) is 2.02. The van der Waals surface area contributed by atoms with Gasteiger partial charge in [0.1, 0.15) is 11.5 Å². The van der Waals surface area contributed by atoms with Gasteiger partial charge in [-0.2, -0.15) is 0 Å². The van der Waals surface area contributed by atoms with Gasteiger partial charge in [0, 0.05) is 12.1 Å². The molecule has 0 aliphatic heterocycles. The van der Waals surface area contributed by atoms with E-state index in [0.29, 0.717) is 6.54 Å². The molecular weight excluding hydrogens is 166 g/mol. The van der Waals surface area contributed by atoms with Crippen LogP contribution in [0.15, 0.2) is 12.1 Å². The summed E-state index contributed by atoms with van der Waals surface area (Å²) in [7, 11) is 3.29. The van der Waals surface area contributed by atoms with Gasteiger partial charge in [0.15, 0.2) is 0 Å². The first-order valence-corrected chi connectivity index (χ1v) is 4.14. The number of ether oxygens (including phenoxy) is 2. The van der Waals surface area contributed by atoms with Crippen molar-refractivity contribution in [3.8, 4) is 11.5 Å². The molecule has 0 saturated heterocycles. The van der Waals surface area contributed by atoms with Gasteiger partial charge in [0.25, 0.3) is 0 Å². The number of rotatable bonds is 3. The van der Waals surface area contributed by atoms with E-state index >= 15 is 0 Å². The molecule has 0 aliphatic rings. The number of methoxy groups -OCH3 is 2.